The van der Waals surface area contributed by atoms with Gasteiger partial charge in [-0.15, -0.1) is 0 Å². The van der Waals surface area contributed by atoms with E-state index in [4.69, 9.17) is 6.58 Å². The molecule has 0 radical (unpaired) electrons. The summed E-state index contributed by atoms with van der Waals surface area (Å²) in [6, 6.07) is 82.6. The lowest BCUT2D eigenvalue weighted by Crippen LogP contribution is -2.28. The second-order valence-corrected chi connectivity index (χ2v) is 18.4. The molecule has 0 bridgehead atoms. The number of hydrogen-bond acceptors (Lipinski definition) is 0. The van der Waals surface area contributed by atoms with E-state index in [2.05, 4.69) is 253 Å². The van der Waals surface area contributed by atoms with Crippen molar-refractivity contribution in [1.82, 2.24) is 9.13 Å². The van der Waals surface area contributed by atoms with E-state index in [-0.39, 0.29) is 0 Å². The van der Waals surface area contributed by atoms with Gasteiger partial charge in [-0.1, -0.05) is 189 Å². The highest BCUT2D eigenvalue weighted by molar-refractivity contribution is 6.36. The predicted octanol–water partition coefficient (Wildman–Crippen LogP) is 16.6. The summed E-state index contributed by atoms with van der Waals surface area (Å²) < 4.78 is 4.85. The maximum atomic E-state index is 4.75. The number of para-hydroxylation sites is 2. The Labute approximate surface area is 398 Å². The van der Waals surface area contributed by atoms with E-state index >= 15 is 0 Å². The Morgan fingerprint density at radius 2 is 0.957 bits per heavy atom. The molecule has 0 aliphatic carbocycles. The Balaban J connectivity index is 0.950. The van der Waals surface area contributed by atoms with Crippen LogP contribution in [0, 0.1) is 0 Å². The lowest BCUT2D eigenvalue weighted by atomic mass is 9.85. The molecule has 14 rings (SSSR count). The molecule has 0 unspecified atom stereocenters. The smallest absolute Gasteiger partial charge is 0.0541 e. The van der Waals surface area contributed by atoms with E-state index in [1.54, 1.807) is 0 Å². The second-order valence-electron chi connectivity index (χ2n) is 18.4. The Morgan fingerprint density at radius 1 is 0.391 bits per heavy atom. The van der Waals surface area contributed by atoms with Crippen molar-refractivity contribution in [2.75, 3.05) is 0 Å². The normalized spacial score (nSPS) is 12.7. The molecule has 2 heteroatoms. The molecule has 2 heterocycles. The van der Waals surface area contributed by atoms with Crippen LogP contribution in [-0.2, 0) is 0 Å². The van der Waals surface area contributed by atoms with E-state index in [1.165, 1.54) is 114 Å². The van der Waals surface area contributed by atoms with Gasteiger partial charge in [-0.2, -0.15) is 0 Å². The van der Waals surface area contributed by atoms with Crippen LogP contribution in [0.25, 0.3) is 138 Å². The molecule has 0 saturated carbocycles. The van der Waals surface area contributed by atoms with Crippen molar-refractivity contribution in [2.24, 2.45) is 0 Å². The first-order chi connectivity index (χ1) is 34.1. The second kappa shape index (κ2) is 15.3. The van der Waals surface area contributed by atoms with Crippen molar-refractivity contribution < 1.29 is 0 Å². The van der Waals surface area contributed by atoms with Gasteiger partial charge in [-0.05, 0) is 143 Å². The first-order valence-corrected chi connectivity index (χ1v) is 23.9. The van der Waals surface area contributed by atoms with E-state index in [0.717, 1.165) is 27.7 Å². The Bertz CT molecular complexity index is 4620. The molecule has 0 amide bonds. The van der Waals surface area contributed by atoms with Gasteiger partial charge in [0.2, 0.25) is 0 Å². The van der Waals surface area contributed by atoms with Crippen molar-refractivity contribution in [3.63, 3.8) is 0 Å². The van der Waals surface area contributed by atoms with Crippen molar-refractivity contribution in [3.8, 4) is 22.5 Å². The molecule has 0 aliphatic rings. The summed E-state index contributed by atoms with van der Waals surface area (Å²) in [6.45, 7) is 6.89. The maximum Gasteiger partial charge on any atom is 0.0541 e. The van der Waals surface area contributed by atoms with Crippen LogP contribution in [0.3, 0.4) is 0 Å². The number of fused-ring (bicyclic) bond motifs is 15. The molecule has 2 nitrogen and oxygen atoms in total. The van der Waals surface area contributed by atoms with Gasteiger partial charge < -0.3 is 9.13 Å². The van der Waals surface area contributed by atoms with E-state index < -0.39 is 0 Å². The molecule has 69 heavy (non-hydrogen) atoms. The minimum absolute atomic E-state index is 0.968. The quantitative estimate of drug-likeness (QED) is 0.153. The van der Waals surface area contributed by atoms with Crippen LogP contribution in [0.5, 0.6) is 0 Å². The molecule has 12 aromatic carbocycles. The highest BCUT2D eigenvalue weighted by Crippen LogP contribution is 2.46. The van der Waals surface area contributed by atoms with Gasteiger partial charge >= 0.3 is 0 Å². The van der Waals surface area contributed by atoms with Gasteiger partial charge in [0, 0.05) is 37.8 Å². The summed E-state index contributed by atoms with van der Waals surface area (Å²) in [5.41, 5.74) is 10.3. The zero-order valence-electron chi connectivity index (χ0n) is 38.1. The number of allylic oxidation sites excluding steroid dienone is 1. The Kier molecular flexibility index (Phi) is 8.68. The minimum atomic E-state index is 0.968. The number of benzene rings is 12. The largest absolute Gasteiger partial charge is 0.309 e. The standard InChI is InChI=1S/C67H44N2/c1-3-61-58(53-28-13-15-32-64(53)69(61)62-33-17-20-43-18-4-6-23-48(43)62)38-42(2)45-35-37-65-59(40-45)54-29-12-14-31-63(54)68(65)47-22-16-21-46(39-47)57-41-60-52-27-9-8-25-50(52)51-26-10-11-30-55(51)67(60)66-49-24-7-5-19-44(49)34-36-56(57)66/h3-41H,2H2,1H3/b58-38-,61-3+. The van der Waals surface area contributed by atoms with Crippen molar-refractivity contribution in [2.45, 2.75) is 6.92 Å². The first-order valence-electron chi connectivity index (χ1n) is 23.9. The molecular weight excluding hydrogens is 833 g/mol. The van der Waals surface area contributed by atoms with Crippen LogP contribution < -0.4 is 10.6 Å². The van der Waals surface area contributed by atoms with Gasteiger partial charge in [0.05, 0.1) is 22.2 Å². The average Bonchev–Trinajstić information content (AvgIpc) is 3.92. The molecule has 2 aromatic heterocycles. The summed E-state index contributed by atoms with van der Waals surface area (Å²) in [6.07, 6.45) is 4.52. The summed E-state index contributed by atoms with van der Waals surface area (Å²) in [5, 5.41) is 21.2. The topological polar surface area (TPSA) is 9.86 Å². The predicted molar refractivity (Wildman–Crippen MR) is 297 cm³/mol. The van der Waals surface area contributed by atoms with Gasteiger partial charge in [0.1, 0.15) is 0 Å². The van der Waals surface area contributed by atoms with E-state index in [0.29, 0.717) is 0 Å². The Hall–Kier alpha value is -8.98. The van der Waals surface area contributed by atoms with Crippen LogP contribution >= 0.6 is 0 Å². The average molecular weight is 877 g/mol. The fourth-order valence-corrected chi connectivity index (χ4v) is 11.7. The zero-order valence-corrected chi connectivity index (χ0v) is 38.1. The highest BCUT2D eigenvalue weighted by Gasteiger charge is 2.19. The van der Waals surface area contributed by atoms with Crippen LogP contribution in [0.15, 0.2) is 231 Å². The third kappa shape index (κ3) is 5.86. The molecule has 0 saturated heterocycles. The van der Waals surface area contributed by atoms with Gasteiger partial charge in [-0.3, -0.25) is 0 Å². The molecule has 0 aliphatic heterocycles. The number of rotatable bonds is 5. The van der Waals surface area contributed by atoms with E-state index in [9.17, 15) is 0 Å². The van der Waals surface area contributed by atoms with Crippen LogP contribution in [0.1, 0.15) is 12.5 Å². The number of nitrogens with zero attached hydrogens (tertiary/aromatic N) is 2. The fourth-order valence-electron chi connectivity index (χ4n) is 11.7. The van der Waals surface area contributed by atoms with Gasteiger partial charge in [-0.25, -0.2) is 0 Å². The molecule has 0 fully saturated rings. The van der Waals surface area contributed by atoms with Gasteiger partial charge in [0.15, 0.2) is 0 Å². The zero-order chi connectivity index (χ0) is 45.7. The molecule has 0 atom stereocenters. The first kappa shape index (κ1) is 39.2. The van der Waals surface area contributed by atoms with Crippen LogP contribution in [0.2, 0.25) is 0 Å². The minimum Gasteiger partial charge on any atom is -0.309 e. The molecule has 0 spiro atoms. The highest BCUT2D eigenvalue weighted by atomic mass is 15.0. The monoisotopic (exact) mass is 876 g/mol. The van der Waals surface area contributed by atoms with Crippen molar-refractivity contribution in [1.29, 1.82) is 0 Å². The Morgan fingerprint density at radius 3 is 1.72 bits per heavy atom. The van der Waals surface area contributed by atoms with E-state index in [1.807, 2.05) is 0 Å². The van der Waals surface area contributed by atoms with Crippen molar-refractivity contribution >= 4 is 115 Å². The third-order valence-electron chi connectivity index (χ3n) is 14.7. The summed E-state index contributed by atoms with van der Waals surface area (Å²) in [5.74, 6) is 0. The lowest BCUT2D eigenvalue weighted by molar-refractivity contribution is 1.08. The molecular formula is C67H44N2. The molecule has 322 valence electrons. The summed E-state index contributed by atoms with van der Waals surface area (Å²) in [7, 11) is 0. The third-order valence-corrected chi connectivity index (χ3v) is 14.7. The maximum absolute atomic E-state index is 4.75. The van der Waals surface area contributed by atoms with Crippen LogP contribution in [0.4, 0.5) is 0 Å². The van der Waals surface area contributed by atoms with Crippen LogP contribution in [-0.4, -0.2) is 9.13 Å². The van der Waals surface area contributed by atoms with Gasteiger partial charge in [0.25, 0.3) is 0 Å². The number of aromatic nitrogens is 2. The SMILES string of the molecule is C=C(/C=c1\c(=C/C)n(-c2cccc3ccccc23)c2ccccc12)c1ccc2c(c1)c1ccccc1n2-c1cccc(-c2cc3c4ccccc4c4ccccc4c3c3c2ccc2ccccc23)c1. The lowest BCUT2D eigenvalue weighted by Gasteiger charge is -2.18. The summed E-state index contributed by atoms with van der Waals surface area (Å²) >= 11 is 0. The fraction of sp³-hybridized carbons (Fsp3) is 0.0149. The molecule has 0 N–H and O–H groups in total. The summed E-state index contributed by atoms with van der Waals surface area (Å²) in [4.78, 5) is 0. The molecule has 14 aromatic rings. The van der Waals surface area contributed by atoms with Crippen molar-refractivity contribution in [3.05, 3.63) is 247 Å². The number of hydrogen-bond donors (Lipinski definition) is 0.